The molecule has 2 unspecified atom stereocenters. The summed E-state index contributed by atoms with van der Waals surface area (Å²) in [6, 6.07) is 29.5. The van der Waals surface area contributed by atoms with Gasteiger partial charge in [-0.15, -0.1) is 0 Å². The third kappa shape index (κ3) is 6.47. The van der Waals surface area contributed by atoms with Gasteiger partial charge >= 0.3 is 0 Å². The van der Waals surface area contributed by atoms with Crippen LogP contribution in [-0.4, -0.2) is 10.2 Å². The van der Waals surface area contributed by atoms with E-state index in [1.54, 1.807) is 19.9 Å². The van der Waals surface area contributed by atoms with E-state index in [-0.39, 0.29) is 14.4 Å². The first-order chi connectivity index (χ1) is 17.6. The number of hydrogen-bond acceptors (Lipinski definition) is 2. The summed E-state index contributed by atoms with van der Waals surface area (Å²) < 4.78 is 14.2. The zero-order valence-corrected chi connectivity index (χ0v) is 23.1. The Kier molecular flexibility index (Phi) is 8.17. The van der Waals surface area contributed by atoms with Gasteiger partial charge in [0.2, 0.25) is 0 Å². The van der Waals surface area contributed by atoms with Crippen molar-refractivity contribution in [3.63, 3.8) is 0 Å². The molecule has 0 aliphatic rings. The Labute approximate surface area is 222 Å². The second-order valence-corrected chi connectivity index (χ2v) is 12.4. The van der Waals surface area contributed by atoms with Crippen molar-refractivity contribution in [3.05, 3.63) is 130 Å². The molecular weight excluding hydrogens is 478 g/mol. The van der Waals surface area contributed by atoms with Crippen LogP contribution in [0.5, 0.6) is 5.75 Å². The van der Waals surface area contributed by atoms with Gasteiger partial charge in [0.15, 0.2) is 0 Å². The molecule has 4 aromatic rings. The zero-order valence-electron chi connectivity index (χ0n) is 22.1. The van der Waals surface area contributed by atoms with E-state index in [4.69, 9.17) is 0 Å². The van der Waals surface area contributed by atoms with Gasteiger partial charge in [0.1, 0.15) is 11.6 Å². The maximum atomic E-state index is 14.2. The van der Waals surface area contributed by atoms with Crippen molar-refractivity contribution in [2.75, 3.05) is 0 Å². The van der Waals surface area contributed by atoms with Crippen molar-refractivity contribution in [2.24, 2.45) is 0 Å². The smallest absolute Gasteiger partial charge is 0.123 e. The Hall–Kier alpha value is -3.00. The topological polar surface area (TPSA) is 40.5 Å². The number of rotatable bonds is 9. The number of aliphatic hydroxyl groups is 1. The van der Waals surface area contributed by atoms with Crippen LogP contribution >= 0.6 is 8.58 Å². The fraction of sp³-hybridized carbons (Fsp3) is 0.273. The largest absolute Gasteiger partial charge is 0.507 e. The van der Waals surface area contributed by atoms with Crippen LogP contribution in [0.4, 0.5) is 4.39 Å². The molecule has 0 fully saturated rings. The lowest BCUT2D eigenvalue weighted by molar-refractivity contribution is 0.0793. The van der Waals surface area contributed by atoms with Gasteiger partial charge in [-0.2, -0.15) is 0 Å². The van der Waals surface area contributed by atoms with Crippen LogP contribution in [0.3, 0.4) is 0 Å². The summed E-state index contributed by atoms with van der Waals surface area (Å²) in [5.74, 6) is -0.0360. The minimum Gasteiger partial charge on any atom is -0.507 e. The maximum absolute atomic E-state index is 14.2. The van der Waals surface area contributed by atoms with Gasteiger partial charge in [0.25, 0.3) is 0 Å². The Balaban J connectivity index is 1.82. The molecule has 192 valence electrons. The lowest BCUT2D eigenvalue weighted by atomic mass is 9.89. The van der Waals surface area contributed by atoms with Crippen LogP contribution in [0.15, 0.2) is 91.0 Å². The highest BCUT2D eigenvalue weighted by Gasteiger charge is 2.32. The highest BCUT2D eigenvalue weighted by Crippen LogP contribution is 2.49. The molecule has 2 nitrogen and oxygen atoms in total. The number of halogens is 1. The summed E-state index contributed by atoms with van der Waals surface area (Å²) in [7, 11) is 0.233. The average molecular weight is 515 g/mol. The van der Waals surface area contributed by atoms with Crippen LogP contribution in [0.25, 0.3) is 0 Å². The van der Waals surface area contributed by atoms with Gasteiger partial charge in [-0.1, -0.05) is 101 Å². The molecule has 0 heterocycles. The monoisotopic (exact) mass is 514 g/mol. The predicted octanol–water partition coefficient (Wildman–Crippen LogP) is 7.57. The van der Waals surface area contributed by atoms with Gasteiger partial charge in [0.05, 0.1) is 5.60 Å². The Bertz CT molecular complexity index is 1350. The second kappa shape index (κ2) is 11.2. The van der Waals surface area contributed by atoms with E-state index < -0.39 is 10.8 Å². The number of aromatic hydroxyl groups is 1. The molecule has 4 heteroatoms. The van der Waals surface area contributed by atoms with Crippen LogP contribution in [-0.2, 0) is 23.6 Å². The molecule has 0 bridgehead atoms. The summed E-state index contributed by atoms with van der Waals surface area (Å²) in [6.45, 7) is 7.67. The predicted molar refractivity (Wildman–Crippen MR) is 154 cm³/mol. The number of phenols is 1. The maximum Gasteiger partial charge on any atom is 0.123 e. The number of phenolic OH excluding ortho intramolecular Hbond substituents is 1. The zero-order chi connectivity index (χ0) is 26.6. The molecule has 0 aliphatic heterocycles. The van der Waals surface area contributed by atoms with Crippen LogP contribution in [0, 0.1) is 5.82 Å². The van der Waals surface area contributed by atoms with Crippen molar-refractivity contribution >= 4 is 13.9 Å². The minimum atomic E-state index is -1.17. The fourth-order valence-corrected chi connectivity index (χ4v) is 6.62. The molecule has 0 spiro atoms. The third-order valence-corrected chi connectivity index (χ3v) is 8.97. The molecule has 2 N–H and O–H groups in total. The molecule has 4 aromatic carbocycles. The molecule has 2 atom stereocenters. The van der Waals surface area contributed by atoms with Gasteiger partial charge in [0, 0.05) is 17.1 Å². The van der Waals surface area contributed by atoms with Gasteiger partial charge < -0.3 is 10.2 Å². The lowest BCUT2D eigenvalue weighted by Crippen LogP contribution is -2.27. The molecular formula is C33H36FO2P. The summed E-state index contributed by atoms with van der Waals surface area (Å²) in [4.78, 5) is 0. The SMILES string of the molecule is CCC(C)(Pc1ccc(F)cc1C(C)(C)O)c1cc(Cc2ccccc2)cc(Cc2ccccc2)c1O. The van der Waals surface area contributed by atoms with Crippen molar-refractivity contribution in [3.8, 4) is 5.75 Å². The first kappa shape index (κ1) is 27.0. The van der Waals surface area contributed by atoms with Crippen LogP contribution < -0.4 is 5.30 Å². The minimum absolute atomic E-state index is 0.233. The fourth-order valence-electron chi connectivity index (χ4n) is 4.84. The standard InChI is InChI=1S/C33H36FO2P/c1-5-33(4,37-30-17-16-27(34)22-28(30)32(2,3)36)29-21-25(18-23-12-8-6-9-13-23)20-26(31(29)35)19-24-14-10-7-11-15-24/h6-17,20-22,35-37H,5,18-19H2,1-4H3. The Morgan fingerprint density at radius 2 is 1.32 bits per heavy atom. The highest BCUT2D eigenvalue weighted by molar-refractivity contribution is 7.48. The van der Waals surface area contributed by atoms with Gasteiger partial charge in [-0.05, 0) is 71.9 Å². The quantitative estimate of drug-likeness (QED) is 0.226. The third-order valence-electron chi connectivity index (χ3n) is 7.09. The van der Waals surface area contributed by atoms with E-state index >= 15 is 0 Å². The van der Waals surface area contributed by atoms with Crippen molar-refractivity contribution < 1.29 is 14.6 Å². The van der Waals surface area contributed by atoms with Crippen molar-refractivity contribution in [1.29, 1.82) is 0 Å². The summed E-state index contributed by atoms with van der Waals surface area (Å²) in [6.07, 6.45) is 2.18. The van der Waals surface area contributed by atoms with E-state index in [1.807, 2.05) is 36.4 Å². The van der Waals surface area contributed by atoms with E-state index in [2.05, 4.69) is 50.2 Å². The first-order valence-corrected chi connectivity index (χ1v) is 13.8. The molecule has 0 saturated carbocycles. The van der Waals surface area contributed by atoms with Crippen LogP contribution in [0.1, 0.15) is 67.5 Å². The van der Waals surface area contributed by atoms with E-state index in [1.165, 1.54) is 17.7 Å². The lowest BCUT2D eigenvalue weighted by Gasteiger charge is -2.33. The van der Waals surface area contributed by atoms with E-state index in [0.29, 0.717) is 17.7 Å². The summed E-state index contributed by atoms with van der Waals surface area (Å²) in [5.41, 5.74) is 4.73. The summed E-state index contributed by atoms with van der Waals surface area (Å²) >= 11 is 0. The number of benzene rings is 4. The molecule has 4 rings (SSSR count). The van der Waals surface area contributed by atoms with Gasteiger partial charge in [-0.25, -0.2) is 4.39 Å². The summed E-state index contributed by atoms with van der Waals surface area (Å²) in [5, 5.41) is 23.0. The average Bonchev–Trinajstić information content (AvgIpc) is 2.87. The molecule has 0 saturated heterocycles. The first-order valence-electron chi connectivity index (χ1n) is 12.8. The van der Waals surface area contributed by atoms with Crippen molar-refractivity contribution in [1.82, 2.24) is 0 Å². The van der Waals surface area contributed by atoms with Crippen molar-refractivity contribution in [2.45, 2.75) is 57.7 Å². The highest BCUT2D eigenvalue weighted by atomic mass is 31.1. The normalized spacial score (nSPS) is 13.7. The molecule has 37 heavy (non-hydrogen) atoms. The van der Waals surface area contributed by atoms with Crippen LogP contribution in [0.2, 0.25) is 0 Å². The Morgan fingerprint density at radius 3 is 1.89 bits per heavy atom. The Morgan fingerprint density at radius 1 is 0.730 bits per heavy atom. The van der Waals surface area contributed by atoms with E-state index in [9.17, 15) is 14.6 Å². The van der Waals surface area contributed by atoms with Gasteiger partial charge in [-0.3, -0.25) is 0 Å². The van der Waals surface area contributed by atoms with E-state index in [0.717, 1.165) is 40.4 Å². The number of hydrogen-bond donors (Lipinski definition) is 2. The second-order valence-electron chi connectivity index (χ2n) is 10.5. The molecule has 0 aliphatic carbocycles. The molecule has 0 aromatic heterocycles. The molecule has 0 amide bonds. The molecule has 0 radical (unpaired) electrons.